The number of nitro groups is 1. The highest BCUT2D eigenvalue weighted by Gasteiger charge is 2.16. The average Bonchev–Trinajstić information content (AvgIpc) is 2.14. The van der Waals surface area contributed by atoms with Crippen LogP contribution >= 0.6 is 11.6 Å². The molecule has 80 valence electrons. The monoisotopic (exact) mass is 231 g/mol. The first-order valence-electron chi connectivity index (χ1n) is 3.70. The number of primary amides is 1. The second-order valence-corrected chi connectivity index (χ2v) is 2.79. The van der Waals surface area contributed by atoms with Gasteiger partial charge in [0.2, 0.25) is 17.0 Å². The summed E-state index contributed by atoms with van der Waals surface area (Å²) in [6.45, 7) is -0.270. The molecule has 0 fully saturated rings. The number of hydrogen-bond acceptors (Lipinski definition) is 6. The van der Waals surface area contributed by atoms with Gasteiger partial charge in [0.25, 0.3) is 0 Å². The number of hydrogen-bond donors (Lipinski definition) is 2. The minimum atomic E-state index is -0.695. The van der Waals surface area contributed by atoms with Crippen molar-refractivity contribution in [3.63, 3.8) is 0 Å². The van der Waals surface area contributed by atoms with E-state index in [9.17, 15) is 14.9 Å². The van der Waals surface area contributed by atoms with Gasteiger partial charge in [-0.15, -0.1) is 0 Å². The van der Waals surface area contributed by atoms with Crippen LogP contribution in [0.3, 0.4) is 0 Å². The predicted molar refractivity (Wildman–Crippen MR) is 51.4 cm³/mol. The van der Waals surface area contributed by atoms with Crippen molar-refractivity contribution in [1.82, 2.24) is 9.97 Å². The molecule has 0 atom stereocenters. The second kappa shape index (κ2) is 4.51. The van der Waals surface area contributed by atoms with E-state index in [-0.39, 0.29) is 23.3 Å². The van der Waals surface area contributed by atoms with E-state index >= 15 is 0 Å². The molecule has 0 unspecified atom stereocenters. The van der Waals surface area contributed by atoms with Gasteiger partial charge in [-0.1, -0.05) is 0 Å². The SMILES string of the molecule is NC(=O)CNc1nc(Cl)ncc1[N+](=O)[O-]. The number of aromatic nitrogens is 2. The highest BCUT2D eigenvalue weighted by atomic mass is 35.5. The molecule has 9 heteroatoms. The number of amides is 1. The molecule has 0 radical (unpaired) electrons. The molecule has 0 saturated heterocycles. The van der Waals surface area contributed by atoms with Crippen LogP contribution in [0.15, 0.2) is 6.20 Å². The van der Waals surface area contributed by atoms with Crippen LogP contribution in [0.25, 0.3) is 0 Å². The van der Waals surface area contributed by atoms with Crippen molar-refractivity contribution >= 4 is 29.0 Å². The molecule has 1 amide bonds. The summed E-state index contributed by atoms with van der Waals surface area (Å²) in [4.78, 5) is 27.3. The molecule has 0 aliphatic heterocycles. The number of halogens is 1. The average molecular weight is 232 g/mol. The zero-order valence-electron chi connectivity index (χ0n) is 7.31. The standard InChI is InChI=1S/C6H6ClN5O3/c7-6-10-1-3(12(14)15)5(11-6)9-2-4(8)13/h1H,2H2,(H2,8,13)(H,9,10,11). The number of nitrogens with one attached hydrogen (secondary N) is 1. The van der Waals surface area contributed by atoms with Gasteiger partial charge in [-0.3, -0.25) is 14.9 Å². The van der Waals surface area contributed by atoms with E-state index in [4.69, 9.17) is 17.3 Å². The molecule has 0 bridgehead atoms. The van der Waals surface area contributed by atoms with Crippen LogP contribution in [0.5, 0.6) is 0 Å². The summed E-state index contributed by atoms with van der Waals surface area (Å²) in [6.07, 6.45) is 0.943. The Hall–Kier alpha value is -1.96. The molecule has 15 heavy (non-hydrogen) atoms. The first kappa shape index (κ1) is 11.1. The second-order valence-electron chi connectivity index (χ2n) is 2.45. The van der Waals surface area contributed by atoms with Crippen LogP contribution in [0.4, 0.5) is 11.5 Å². The Kier molecular flexibility index (Phi) is 3.34. The van der Waals surface area contributed by atoms with Crippen molar-refractivity contribution in [2.75, 3.05) is 11.9 Å². The van der Waals surface area contributed by atoms with Gasteiger partial charge in [0.1, 0.15) is 6.20 Å². The van der Waals surface area contributed by atoms with Gasteiger partial charge in [0, 0.05) is 0 Å². The number of rotatable bonds is 4. The third-order valence-corrected chi connectivity index (χ3v) is 1.55. The Morgan fingerprint density at radius 1 is 1.73 bits per heavy atom. The molecule has 3 N–H and O–H groups in total. The van der Waals surface area contributed by atoms with Crippen LogP contribution in [0.2, 0.25) is 5.28 Å². The van der Waals surface area contributed by atoms with E-state index in [1.807, 2.05) is 0 Å². The highest BCUT2D eigenvalue weighted by Crippen LogP contribution is 2.21. The zero-order valence-corrected chi connectivity index (χ0v) is 8.06. The van der Waals surface area contributed by atoms with Crippen molar-refractivity contribution in [1.29, 1.82) is 0 Å². The van der Waals surface area contributed by atoms with Crippen LogP contribution < -0.4 is 11.1 Å². The maximum absolute atomic E-state index is 10.5. The van der Waals surface area contributed by atoms with Crippen molar-refractivity contribution in [2.24, 2.45) is 5.73 Å². The van der Waals surface area contributed by atoms with Gasteiger partial charge in [-0.2, -0.15) is 4.98 Å². The summed E-state index contributed by atoms with van der Waals surface area (Å²) < 4.78 is 0. The highest BCUT2D eigenvalue weighted by molar-refractivity contribution is 6.28. The van der Waals surface area contributed by atoms with Gasteiger partial charge < -0.3 is 11.1 Å². The van der Waals surface area contributed by atoms with Gasteiger partial charge in [0.05, 0.1) is 11.5 Å². The predicted octanol–water partition coefficient (Wildman–Crippen LogP) is -0.0646. The van der Waals surface area contributed by atoms with Gasteiger partial charge >= 0.3 is 5.69 Å². The quantitative estimate of drug-likeness (QED) is 0.425. The molecule has 0 aromatic carbocycles. The Bertz CT molecular complexity index is 410. The third kappa shape index (κ3) is 3.02. The topological polar surface area (TPSA) is 124 Å². The first-order chi connectivity index (χ1) is 7.00. The van der Waals surface area contributed by atoms with E-state index in [1.54, 1.807) is 0 Å². The van der Waals surface area contributed by atoms with E-state index in [0.29, 0.717) is 0 Å². The lowest BCUT2D eigenvalue weighted by Gasteiger charge is -2.02. The van der Waals surface area contributed by atoms with Crippen molar-refractivity contribution in [2.45, 2.75) is 0 Å². The van der Waals surface area contributed by atoms with Crippen LogP contribution in [-0.4, -0.2) is 27.3 Å². The minimum Gasteiger partial charge on any atom is -0.368 e. The lowest BCUT2D eigenvalue weighted by Crippen LogP contribution is -2.22. The molecule has 1 aromatic heterocycles. The fourth-order valence-corrected chi connectivity index (χ4v) is 0.922. The number of carbonyl (C=O) groups excluding carboxylic acids is 1. The van der Waals surface area contributed by atoms with Crippen LogP contribution in [0, 0.1) is 10.1 Å². The molecular weight excluding hydrogens is 226 g/mol. The summed E-state index contributed by atoms with van der Waals surface area (Å²) in [6, 6.07) is 0. The van der Waals surface area contributed by atoms with Crippen molar-refractivity contribution in [3.05, 3.63) is 21.6 Å². The van der Waals surface area contributed by atoms with E-state index in [0.717, 1.165) is 6.20 Å². The van der Waals surface area contributed by atoms with E-state index in [2.05, 4.69) is 15.3 Å². The van der Waals surface area contributed by atoms with Gasteiger partial charge in [0.15, 0.2) is 0 Å². The summed E-state index contributed by atoms with van der Waals surface area (Å²) >= 11 is 5.44. The Morgan fingerprint density at radius 3 is 2.93 bits per heavy atom. The summed E-state index contributed by atoms with van der Waals surface area (Å²) in [5.74, 6) is -0.808. The molecule has 0 aliphatic carbocycles. The van der Waals surface area contributed by atoms with E-state index in [1.165, 1.54) is 0 Å². The molecular formula is C6H6ClN5O3. The first-order valence-corrected chi connectivity index (χ1v) is 4.07. The number of carbonyl (C=O) groups is 1. The Balaban J connectivity index is 2.96. The zero-order chi connectivity index (χ0) is 11.4. The van der Waals surface area contributed by atoms with Gasteiger partial charge in [-0.05, 0) is 11.6 Å². The molecule has 1 rings (SSSR count). The molecule has 8 nitrogen and oxygen atoms in total. The molecule has 1 heterocycles. The molecule has 0 spiro atoms. The maximum atomic E-state index is 10.5. The largest absolute Gasteiger partial charge is 0.368 e. The van der Waals surface area contributed by atoms with Gasteiger partial charge in [-0.25, -0.2) is 4.98 Å². The van der Waals surface area contributed by atoms with Crippen LogP contribution in [-0.2, 0) is 4.79 Å². The van der Waals surface area contributed by atoms with Crippen molar-refractivity contribution in [3.8, 4) is 0 Å². The minimum absolute atomic E-state index is 0.140. The maximum Gasteiger partial charge on any atom is 0.329 e. The molecule has 0 aliphatic rings. The van der Waals surface area contributed by atoms with Crippen LogP contribution in [0.1, 0.15) is 0 Å². The number of nitrogens with two attached hydrogens (primary N) is 1. The third-order valence-electron chi connectivity index (χ3n) is 1.37. The smallest absolute Gasteiger partial charge is 0.329 e. The lowest BCUT2D eigenvalue weighted by molar-refractivity contribution is -0.384. The summed E-state index contributed by atoms with van der Waals surface area (Å²) in [7, 11) is 0. The lowest BCUT2D eigenvalue weighted by atomic mass is 10.4. The van der Waals surface area contributed by atoms with Crippen molar-refractivity contribution < 1.29 is 9.72 Å². The molecule has 1 aromatic rings. The fraction of sp³-hybridized carbons (Fsp3) is 0.167. The Morgan fingerprint density at radius 2 is 2.40 bits per heavy atom. The van der Waals surface area contributed by atoms with E-state index < -0.39 is 10.8 Å². The summed E-state index contributed by atoms with van der Waals surface area (Å²) in [5, 5.41) is 12.7. The fourth-order valence-electron chi connectivity index (χ4n) is 0.788. The normalized spacial score (nSPS) is 9.67. The molecule has 0 saturated carbocycles. The summed E-state index contributed by atoms with van der Waals surface area (Å²) in [5.41, 5.74) is 4.48. The number of anilines is 1. The number of nitrogens with zero attached hydrogens (tertiary/aromatic N) is 3. The Labute approximate surface area is 88.6 Å².